The smallest absolute Gasteiger partial charge is 0.339 e. The van der Waals surface area contributed by atoms with Crippen LogP contribution in [0.15, 0.2) is 42.3 Å². The topological polar surface area (TPSA) is 38.8 Å². The zero-order valence-corrected chi connectivity index (χ0v) is 12.4. The van der Waals surface area contributed by atoms with Crippen molar-refractivity contribution in [1.29, 1.82) is 0 Å². The van der Waals surface area contributed by atoms with Gasteiger partial charge in [-0.05, 0) is 44.4 Å². The van der Waals surface area contributed by atoms with E-state index in [9.17, 15) is 4.79 Å². The summed E-state index contributed by atoms with van der Waals surface area (Å²) < 4.78 is 11.1. The van der Waals surface area contributed by atoms with Crippen LogP contribution >= 0.6 is 0 Å². The van der Waals surface area contributed by atoms with Gasteiger partial charge in [-0.25, -0.2) is 4.79 Å². The van der Waals surface area contributed by atoms with Gasteiger partial charge in [0.25, 0.3) is 0 Å². The molecule has 3 rings (SSSR count). The highest BCUT2D eigenvalue weighted by atomic mass is 16.5. The summed E-state index contributed by atoms with van der Waals surface area (Å²) in [7, 11) is 0. The van der Waals surface area contributed by atoms with Crippen molar-refractivity contribution in [2.24, 2.45) is 0 Å². The minimum atomic E-state index is -0.287. The molecule has 1 aromatic carbocycles. The van der Waals surface area contributed by atoms with Crippen molar-refractivity contribution in [1.82, 2.24) is 0 Å². The summed E-state index contributed by atoms with van der Waals surface area (Å²) in [4.78, 5) is 14.2. The summed E-state index contributed by atoms with van der Waals surface area (Å²) in [6, 6.07) is 6.21. The summed E-state index contributed by atoms with van der Waals surface area (Å²) in [5, 5.41) is 0. The Hall–Kier alpha value is -2.23. The van der Waals surface area contributed by atoms with E-state index in [-0.39, 0.29) is 12.0 Å². The van der Waals surface area contributed by atoms with E-state index in [4.69, 9.17) is 9.47 Å². The van der Waals surface area contributed by atoms with Gasteiger partial charge in [-0.1, -0.05) is 12.1 Å². The summed E-state index contributed by atoms with van der Waals surface area (Å²) in [5.41, 5.74) is 2.73. The van der Waals surface area contributed by atoms with Crippen LogP contribution in [0.25, 0.3) is 0 Å². The van der Waals surface area contributed by atoms with E-state index in [1.165, 1.54) is 0 Å². The first kappa shape index (κ1) is 13.7. The van der Waals surface area contributed by atoms with Crippen molar-refractivity contribution in [2.75, 3.05) is 11.5 Å². The van der Waals surface area contributed by atoms with Crippen molar-refractivity contribution in [2.45, 2.75) is 32.7 Å². The third-order valence-electron chi connectivity index (χ3n) is 3.87. The summed E-state index contributed by atoms with van der Waals surface area (Å²) in [6.45, 7) is 8.10. The molecule has 1 aromatic rings. The molecule has 0 aliphatic carbocycles. The Morgan fingerprint density at radius 3 is 3.10 bits per heavy atom. The van der Waals surface area contributed by atoms with Crippen LogP contribution in [0.3, 0.4) is 0 Å². The summed E-state index contributed by atoms with van der Waals surface area (Å²) in [6.07, 6.45) is 3.38. The van der Waals surface area contributed by atoms with Crippen LogP contribution in [0.1, 0.15) is 25.3 Å². The molecular weight excluding hydrogens is 266 g/mol. The highest BCUT2D eigenvalue weighted by Crippen LogP contribution is 2.45. The van der Waals surface area contributed by atoms with Crippen LogP contribution in [0.4, 0.5) is 5.69 Å². The molecule has 21 heavy (non-hydrogen) atoms. The van der Waals surface area contributed by atoms with Gasteiger partial charge >= 0.3 is 5.97 Å². The third kappa shape index (κ3) is 2.20. The van der Waals surface area contributed by atoms with Gasteiger partial charge in [0.05, 0.1) is 23.9 Å². The summed E-state index contributed by atoms with van der Waals surface area (Å²) in [5.74, 6) is 1.11. The van der Waals surface area contributed by atoms with Crippen LogP contribution in [0.5, 0.6) is 5.75 Å². The minimum absolute atomic E-state index is 0.141. The van der Waals surface area contributed by atoms with Gasteiger partial charge in [0, 0.05) is 0 Å². The number of esters is 1. The van der Waals surface area contributed by atoms with Gasteiger partial charge in [0.1, 0.15) is 0 Å². The maximum absolute atomic E-state index is 12.1. The zero-order valence-electron chi connectivity index (χ0n) is 12.4. The number of carbonyl (C=O) groups is 1. The van der Waals surface area contributed by atoms with Crippen LogP contribution in [-0.2, 0) is 9.53 Å². The van der Waals surface area contributed by atoms with Crippen LogP contribution in [-0.4, -0.2) is 18.6 Å². The minimum Gasteiger partial charge on any atom is -0.462 e. The second-order valence-corrected chi connectivity index (χ2v) is 5.29. The standard InChI is InChI=1S/C17H19NO3/c1-4-12-7-8-13(17(19)20-5-2)16-18(12)14-9-6-11(3)10-15(14)21-16/h4,6,9-10,12H,1,5,7-8H2,2-3H3/t12-/m0/s1. The Morgan fingerprint density at radius 2 is 2.38 bits per heavy atom. The lowest BCUT2D eigenvalue weighted by atomic mass is 9.99. The van der Waals surface area contributed by atoms with E-state index in [0.717, 1.165) is 23.4 Å². The number of carbonyl (C=O) groups excluding carboxylic acids is 1. The van der Waals surface area contributed by atoms with E-state index in [1.807, 2.05) is 38.1 Å². The Kier molecular flexibility index (Phi) is 3.45. The van der Waals surface area contributed by atoms with E-state index < -0.39 is 0 Å². The molecule has 4 heteroatoms. The Labute approximate surface area is 124 Å². The highest BCUT2D eigenvalue weighted by molar-refractivity contribution is 5.91. The molecule has 0 bridgehead atoms. The first-order valence-electron chi connectivity index (χ1n) is 7.26. The van der Waals surface area contributed by atoms with E-state index in [2.05, 4.69) is 11.5 Å². The first-order valence-corrected chi connectivity index (χ1v) is 7.26. The maximum atomic E-state index is 12.1. The van der Waals surface area contributed by atoms with Crippen LogP contribution < -0.4 is 9.64 Å². The SMILES string of the molecule is C=C[C@H]1CCC(C(=O)OCC)=C2Oc3cc(C)ccc3N21. The van der Waals surface area contributed by atoms with Gasteiger partial charge in [0.15, 0.2) is 5.75 Å². The van der Waals surface area contributed by atoms with Crippen molar-refractivity contribution in [3.8, 4) is 5.75 Å². The number of rotatable bonds is 3. The molecule has 0 unspecified atom stereocenters. The predicted octanol–water partition coefficient (Wildman–Crippen LogP) is 3.32. The van der Waals surface area contributed by atoms with Crippen molar-refractivity contribution in [3.63, 3.8) is 0 Å². The highest BCUT2D eigenvalue weighted by Gasteiger charge is 2.39. The quantitative estimate of drug-likeness (QED) is 0.631. The molecule has 0 N–H and O–H groups in total. The first-order chi connectivity index (χ1) is 10.2. The normalized spacial score (nSPS) is 19.7. The molecular formula is C17H19NO3. The molecule has 0 fully saturated rings. The van der Waals surface area contributed by atoms with Gasteiger partial charge in [-0.2, -0.15) is 0 Å². The Morgan fingerprint density at radius 1 is 1.57 bits per heavy atom. The molecule has 1 atom stereocenters. The third-order valence-corrected chi connectivity index (χ3v) is 3.87. The Balaban J connectivity index is 2.08. The average Bonchev–Trinajstić information content (AvgIpc) is 2.84. The number of benzene rings is 1. The Bertz CT molecular complexity index is 633. The van der Waals surface area contributed by atoms with E-state index in [0.29, 0.717) is 24.5 Å². The molecule has 0 saturated carbocycles. The number of hydrogen-bond donors (Lipinski definition) is 0. The zero-order chi connectivity index (χ0) is 15.0. The van der Waals surface area contributed by atoms with Crippen molar-refractivity contribution < 1.29 is 14.3 Å². The van der Waals surface area contributed by atoms with E-state index >= 15 is 0 Å². The number of fused-ring (bicyclic) bond motifs is 3. The van der Waals surface area contributed by atoms with Gasteiger partial charge in [-0.15, -0.1) is 6.58 Å². The van der Waals surface area contributed by atoms with Gasteiger partial charge in [0.2, 0.25) is 5.88 Å². The lowest BCUT2D eigenvalue weighted by Gasteiger charge is -2.32. The molecule has 0 aromatic heterocycles. The molecule has 0 spiro atoms. The number of ether oxygens (including phenoxy) is 2. The average molecular weight is 285 g/mol. The predicted molar refractivity (Wildman–Crippen MR) is 81.2 cm³/mol. The second kappa shape index (κ2) is 5.28. The van der Waals surface area contributed by atoms with Gasteiger partial charge in [-0.3, -0.25) is 0 Å². The van der Waals surface area contributed by atoms with Crippen LogP contribution in [0.2, 0.25) is 0 Å². The van der Waals surface area contributed by atoms with Crippen molar-refractivity contribution >= 4 is 11.7 Å². The molecule has 0 radical (unpaired) electrons. The number of nitrogens with zero attached hydrogens (tertiary/aromatic N) is 1. The molecule has 0 amide bonds. The molecule has 0 saturated heterocycles. The molecule has 2 heterocycles. The van der Waals surface area contributed by atoms with Gasteiger partial charge < -0.3 is 14.4 Å². The van der Waals surface area contributed by atoms with E-state index in [1.54, 1.807) is 0 Å². The molecule has 2 aliphatic rings. The van der Waals surface area contributed by atoms with Crippen LogP contribution in [0, 0.1) is 6.92 Å². The fourth-order valence-electron chi connectivity index (χ4n) is 2.86. The number of hydrogen-bond acceptors (Lipinski definition) is 4. The van der Waals surface area contributed by atoms with Crippen molar-refractivity contribution in [3.05, 3.63) is 47.9 Å². The number of aryl methyl sites for hydroxylation is 1. The molecule has 4 nitrogen and oxygen atoms in total. The lowest BCUT2D eigenvalue weighted by Crippen LogP contribution is -2.37. The largest absolute Gasteiger partial charge is 0.462 e. The fraction of sp³-hybridized carbons (Fsp3) is 0.353. The molecule has 110 valence electrons. The fourth-order valence-corrected chi connectivity index (χ4v) is 2.86. The number of anilines is 1. The maximum Gasteiger partial charge on any atom is 0.339 e. The lowest BCUT2D eigenvalue weighted by molar-refractivity contribution is -0.139. The monoisotopic (exact) mass is 285 g/mol. The second-order valence-electron chi connectivity index (χ2n) is 5.29. The molecule has 2 aliphatic heterocycles. The summed E-state index contributed by atoms with van der Waals surface area (Å²) >= 11 is 0.